The van der Waals surface area contributed by atoms with Crippen molar-refractivity contribution < 1.29 is 0 Å². The average Bonchev–Trinajstić information content (AvgIpc) is 3.06. The Hall–Kier alpha value is -1.66. The van der Waals surface area contributed by atoms with E-state index < -0.39 is 0 Å². The van der Waals surface area contributed by atoms with Crippen LogP contribution in [0.2, 0.25) is 0 Å². The molecule has 0 aliphatic carbocycles. The minimum atomic E-state index is 0.720. The number of anilines is 1. The van der Waals surface area contributed by atoms with Gasteiger partial charge in [0.15, 0.2) is 5.82 Å². The van der Waals surface area contributed by atoms with Crippen molar-refractivity contribution in [1.82, 2.24) is 15.2 Å². The quantitative estimate of drug-likeness (QED) is 0.742. The Balaban J connectivity index is 1.83. The van der Waals surface area contributed by atoms with Crippen LogP contribution in [0.3, 0.4) is 0 Å². The molecule has 0 saturated heterocycles. The minimum absolute atomic E-state index is 0.720. The lowest BCUT2D eigenvalue weighted by molar-refractivity contribution is 1.04. The number of thiophene rings is 1. The number of nitrogens with zero attached hydrogens (tertiary/aromatic N) is 2. The lowest BCUT2D eigenvalue weighted by Crippen LogP contribution is -1.99. The molecule has 0 atom stereocenters. The maximum Gasteiger partial charge on any atom is 0.183 e. The fraction of sp³-hybridized carbons (Fsp3) is 0.143. The van der Waals surface area contributed by atoms with Crippen molar-refractivity contribution in [1.29, 1.82) is 0 Å². The van der Waals surface area contributed by atoms with Gasteiger partial charge in [0.1, 0.15) is 5.82 Å². The second-order valence-corrected chi connectivity index (χ2v) is 6.29. The van der Waals surface area contributed by atoms with E-state index >= 15 is 0 Å². The van der Waals surface area contributed by atoms with Gasteiger partial charge in [0, 0.05) is 32.5 Å². The molecule has 2 N–H and O–H groups in total. The monoisotopic (exact) mass is 348 g/mol. The molecule has 0 amide bonds. The maximum atomic E-state index is 4.39. The third-order valence-electron chi connectivity index (χ3n) is 2.84. The molecule has 0 spiro atoms. The van der Waals surface area contributed by atoms with Gasteiger partial charge in [-0.05, 0) is 41.1 Å². The van der Waals surface area contributed by atoms with E-state index in [9.17, 15) is 0 Å². The summed E-state index contributed by atoms with van der Waals surface area (Å²) in [7, 11) is 0. The van der Waals surface area contributed by atoms with Crippen LogP contribution in [-0.4, -0.2) is 15.2 Å². The van der Waals surface area contributed by atoms with Crippen molar-refractivity contribution in [2.24, 2.45) is 0 Å². The fourth-order valence-corrected chi connectivity index (χ4v) is 3.32. The maximum absolute atomic E-state index is 4.39. The summed E-state index contributed by atoms with van der Waals surface area (Å²) in [5.74, 6) is 1.54. The van der Waals surface area contributed by atoms with Crippen LogP contribution in [0, 0.1) is 6.92 Å². The third kappa shape index (κ3) is 2.91. The smallest absolute Gasteiger partial charge is 0.183 e. The largest absolute Gasteiger partial charge is 0.380 e. The average molecular weight is 349 g/mol. The molecule has 1 aromatic carbocycles. The van der Waals surface area contributed by atoms with Crippen LogP contribution in [0.1, 0.15) is 10.7 Å². The van der Waals surface area contributed by atoms with Gasteiger partial charge in [0.25, 0.3) is 0 Å². The molecule has 0 aliphatic rings. The summed E-state index contributed by atoms with van der Waals surface area (Å²) in [5, 5.41) is 12.6. The summed E-state index contributed by atoms with van der Waals surface area (Å²) in [6.07, 6.45) is 0. The van der Waals surface area contributed by atoms with Crippen LogP contribution < -0.4 is 5.32 Å². The Labute approximate surface area is 129 Å². The molecule has 20 heavy (non-hydrogen) atoms. The lowest BCUT2D eigenvalue weighted by Gasteiger charge is -2.08. The highest BCUT2D eigenvalue weighted by Gasteiger charge is 2.09. The summed E-state index contributed by atoms with van der Waals surface area (Å²) in [6, 6.07) is 10.2. The van der Waals surface area contributed by atoms with Gasteiger partial charge in [-0.3, -0.25) is 5.10 Å². The predicted octanol–water partition coefficient (Wildman–Crippen LogP) is 4.22. The first-order chi connectivity index (χ1) is 9.72. The second-order valence-electron chi connectivity index (χ2n) is 4.37. The van der Waals surface area contributed by atoms with Crippen molar-refractivity contribution in [3.63, 3.8) is 0 Å². The SMILES string of the molecule is Cc1nc(-c2ccccc2NCc2cc(Br)cs2)n[nH]1. The van der Waals surface area contributed by atoms with E-state index in [0.717, 1.165) is 33.9 Å². The minimum Gasteiger partial charge on any atom is -0.380 e. The molecule has 2 heterocycles. The van der Waals surface area contributed by atoms with E-state index in [1.165, 1.54) is 4.88 Å². The number of H-pyrrole nitrogens is 1. The molecule has 0 fully saturated rings. The van der Waals surface area contributed by atoms with Gasteiger partial charge >= 0.3 is 0 Å². The molecule has 0 unspecified atom stereocenters. The number of hydrogen-bond acceptors (Lipinski definition) is 4. The van der Waals surface area contributed by atoms with Crippen molar-refractivity contribution in [2.45, 2.75) is 13.5 Å². The van der Waals surface area contributed by atoms with Crippen molar-refractivity contribution >= 4 is 33.0 Å². The first-order valence-electron chi connectivity index (χ1n) is 6.17. The van der Waals surface area contributed by atoms with Crippen LogP contribution in [-0.2, 0) is 6.54 Å². The number of nitrogens with one attached hydrogen (secondary N) is 2. The third-order valence-corrected chi connectivity index (χ3v) is 4.54. The number of hydrogen-bond donors (Lipinski definition) is 2. The van der Waals surface area contributed by atoms with Gasteiger partial charge in [-0.2, -0.15) is 5.10 Å². The first kappa shape index (κ1) is 13.3. The molecule has 3 rings (SSSR count). The van der Waals surface area contributed by atoms with Crippen LogP contribution in [0.4, 0.5) is 5.69 Å². The first-order valence-corrected chi connectivity index (χ1v) is 7.85. The molecule has 0 aliphatic heterocycles. The topological polar surface area (TPSA) is 53.6 Å². The number of aryl methyl sites for hydroxylation is 1. The highest BCUT2D eigenvalue weighted by molar-refractivity contribution is 9.10. The summed E-state index contributed by atoms with van der Waals surface area (Å²) in [4.78, 5) is 5.66. The van der Waals surface area contributed by atoms with Gasteiger partial charge in [0.2, 0.25) is 0 Å². The van der Waals surface area contributed by atoms with E-state index in [-0.39, 0.29) is 0 Å². The number of halogens is 1. The second kappa shape index (κ2) is 5.76. The van der Waals surface area contributed by atoms with Gasteiger partial charge in [-0.1, -0.05) is 12.1 Å². The Morgan fingerprint density at radius 1 is 1.35 bits per heavy atom. The zero-order chi connectivity index (χ0) is 13.9. The molecule has 4 nitrogen and oxygen atoms in total. The molecule has 3 aromatic rings. The van der Waals surface area contributed by atoms with Crippen molar-refractivity contribution in [3.8, 4) is 11.4 Å². The molecule has 0 radical (unpaired) electrons. The molecule has 0 saturated carbocycles. The Bertz CT molecular complexity index is 719. The van der Waals surface area contributed by atoms with Crippen molar-refractivity contribution in [2.75, 3.05) is 5.32 Å². The zero-order valence-electron chi connectivity index (χ0n) is 10.9. The number of benzene rings is 1. The highest BCUT2D eigenvalue weighted by Crippen LogP contribution is 2.26. The summed E-state index contributed by atoms with van der Waals surface area (Å²) < 4.78 is 1.12. The van der Waals surface area contributed by atoms with Crippen LogP contribution >= 0.6 is 27.3 Å². The molecular formula is C14H13BrN4S. The Morgan fingerprint density at radius 2 is 2.20 bits per heavy atom. The lowest BCUT2D eigenvalue weighted by atomic mass is 10.1. The summed E-state index contributed by atoms with van der Waals surface area (Å²) in [6.45, 7) is 2.69. The normalized spacial score (nSPS) is 10.7. The number of rotatable bonds is 4. The standard InChI is InChI=1S/C14H13BrN4S/c1-9-17-14(19-18-9)12-4-2-3-5-13(12)16-7-11-6-10(15)8-20-11/h2-6,8,16H,7H2,1H3,(H,17,18,19). The van der Waals surface area contributed by atoms with Crippen LogP contribution in [0.15, 0.2) is 40.2 Å². The van der Waals surface area contributed by atoms with Crippen LogP contribution in [0.25, 0.3) is 11.4 Å². The number of aromatic nitrogens is 3. The summed E-state index contributed by atoms with van der Waals surface area (Å²) in [5.41, 5.74) is 2.04. The molecule has 6 heteroatoms. The molecule has 2 aromatic heterocycles. The van der Waals surface area contributed by atoms with E-state index in [1.807, 2.05) is 31.2 Å². The van der Waals surface area contributed by atoms with E-state index in [1.54, 1.807) is 11.3 Å². The van der Waals surface area contributed by atoms with Crippen molar-refractivity contribution in [3.05, 3.63) is 50.9 Å². The van der Waals surface area contributed by atoms with Gasteiger partial charge < -0.3 is 5.32 Å². The highest BCUT2D eigenvalue weighted by atomic mass is 79.9. The Kier molecular flexibility index (Phi) is 3.84. The molecular weight excluding hydrogens is 336 g/mol. The Morgan fingerprint density at radius 3 is 2.90 bits per heavy atom. The zero-order valence-corrected chi connectivity index (χ0v) is 13.3. The van der Waals surface area contributed by atoms with Gasteiger partial charge in [0.05, 0.1) is 0 Å². The van der Waals surface area contributed by atoms with Gasteiger partial charge in [-0.15, -0.1) is 11.3 Å². The predicted molar refractivity (Wildman–Crippen MR) is 85.9 cm³/mol. The van der Waals surface area contributed by atoms with Gasteiger partial charge in [-0.25, -0.2) is 4.98 Å². The molecule has 0 bridgehead atoms. The summed E-state index contributed by atoms with van der Waals surface area (Å²) >= 11 is 5.20. The van der Waals surface area contributed by atoms with E-state index in [2.05, 4.69) is 47.9 Å². The number of para-hydroxylation sites is 1. The fourth-order valence-electron chi connectivity index (χ4n) is 1.92. The molecule has 102 valence electrons. The number of aromatic amines is 1. The van der Waals surface area contributed by atoms with Crippen LogP contribution in [0.5, 0.6) is 0 Å². The van der Waals surface area contributed by atoms with E-state index in [0.29, 0.717) is 0 Å². The van der Waals surface area contributed by atoms with E-state index in [4.69, 9.17) is 0 Å².